The zero-order valence-electron chi connectivity index (χ0n) is 15.2. The number of hydrogen-bond acceptors (Lipinski definition) is 5. The number of pyridine rings is 2. The van der Waals surface area contributed by atoms with Crippen LogP contribution in [0.1, 0.15) is 34.9 Å². The molecule has 0 spiro atoms. The van der Waals surface area contributed by atoms with Crippen LogP contribution in [0.2, 0.25) is 0 Å². The van der Waals surface area contributed by atoms with Gasteiger partial charge >= 0.3 is 0 Å². The van der Waals surface area contributed by atoms with Gasteiger partial charge in [0.05, 0.1) is 6.54 Å². The smallest absolute Gasteiger partial charge is 0.223 e. The van der Waals surface area contributed by atoms with Gasteiger partial charge in [-0.3, -0.25) is 14.8 Å². The molecule has 3 aromatic heterocycles. The molecular formula is C21H22N4O2. The molecule has 27 heavy (non-hydrogen) atoms. The largest absolute Gasteiger partial charge is 0.445 e. The summed E-state index contributed by atoms with van der Waals surface area (Å²) in [6.07, 6.45) is 10.7. The molecule has 4 rings (SSSR count). The number of amides is 1. The highest BCUT2D eigenvalue weighted by Gasteiger charge is 2.25. The van der Waals surface area contributed by atoms with Crippen LogP contribution >= 0.6 is 0 Å². The van der Waals surface area contributed by atoms with Crippen molar-refractivity contribution in [2.75, 3.05) is 6.54 Å². The Morgan fingerprint density at radius 2 is 1.78 bits per heavy atom. The molecule has 0 saturated heterocycles. The second-order valence-corrected chi connectivity index (χ2v) is 6.77. The van der Waals surface area contributed by atoms with Crippen LogP contribution in [-0.4, -0.2) is 32.3 Å². The Hall–Kier alpha value is -3.02. The molecule has 0 atom stereocenters. The Morgan fingerprint density at radius 3 is 2.48 bits per heavy atom. The number of aryl methyl sites for hydroxylation is 3. The fraction of sp³-hybridized carbons (Fsp3) is 0.333. The van der Waals surface area contributed by atoms with E-state index >= 15 is 0 Å². The molecule has 3 aromatic rings. The van der Waals surface area contributed by atoms with Gasteiger partial charge in [-0.15, -0.1) is 0 Å². The maximum absolute atomic E-state index is 12.5. The minimum Gasteiger partial charge on any atom is -0.445 e. The standard InChI is InChI=1S/C21H22N4O2/c26-21(8-6-17-4-2-11-23-14-17)25-12-9-19-18(15-25)24-20(27-19)7-5-16-3-1-10-22-13-16/h1-4,10-11,13-14H,5-9,12,15H2. The Labute approximate surface area is 158 Å². The lowest BCUT2D eigenvalue weighted by Crippen LogP contribution is -2.35. The number of rotatable bonds is 6. The number of fused-ring (bicyclic) bond motifs is 1. The minimum atomic E-state index is 0.157. The molecule has 1 amide bonds. The van der Waals surface area contributed by atoms with Crippen LogP contribution in [0.4, 0.5) is 0 Å². The first-order chi connectivity index (χ1) is 13.3. The first kappa shape index (κ1) is 17.4. The Bertz CT molecular complexity index is 893. The average molecular weight is 362 g/mol. The third-order valence-electron chi connectivity index (χ3n) is 4.83. The van der Waals surface area contributed by atoms with E-state index in [0.717, 1.165) is 42.2 Å². The Morgan fingerprint density at radius 1 is 1.04 bits per heavy atom. The van der Waals surface area contributed by atoms with Crippen molar-refractivity contribution in [2.45, 2.75) is 38.6 Å². The molecule has 0 unspecified atom stereocenters. The fourth-order valence-corrected chi connectivity index (χ4v) is 3.32. The zero-order chi connectivity index (χ0) is 18.5. The molecule has 6 heteroatoms. The van der Waals surface area contributed by atoms with Gasteiger partial charge < -0.3 is 9.32 Å². The van der Waals surface area contributed by atoms with Crippen LogP contribution in [0.5, 0.6) is 0 Å². The van der Waals surface area contributed by atoms with Crippen molar-refractivity contribution in [1.29, 1.82) is 0 Å². The highest BCUT2D eigenvalue weighted by atomic mass is 16.4. The van der Waals surface area contributed by atoms with Crippen molar-refractivity contribution in [3.05, 3.63) is 77.5 Å². The average Bonchev–Trinajstić information content (AvgIpc) is 3.14. The summed E-state index contributed by atoms with van der Waals surface area (Å²) in [5.74, 6) is 1.82. The van der Waals surface area contributed by atoms with Crippen LogP contribution in [-0.2, 0) is 37.0 Å². The highest BCUT2D eigenvalue weighted by Crippen LogP contribution is 2.21. The first-order valence-corrected chi connectivity index (χ1v) is 9.31. The van der Waals surface area contributed by atoms with E-state index in [9.17, 15) is 4.79 Å². The SMILES string of the molecule is O=C(CCc1cccnc1)N1CCc2oc(CCc3cccnc3)nc2C1. The molecule has 1 aliphatic rings. The highest BCUT2D eigenvalue weighted by molar-refractivity contribution is 5.76. The second kappa shape index (κ2) is 8.12. The van der Waals surface area contributed by atoms with Gasteiger partial charge in [-0.1, -0.05) is 12.1 Å². The molecule has 0 saturated carbocycles. The number of carbonyl (C=O) groups excluding carboxylic acids is 1. The summed E-state index contributed by atoms with van der Waals surface area (Å²) in [6.45, 7) is 1.23. The Balaban J connectivity index is 1.32. The van der Waals surface area contributed by atoms with Gasteiger partial charge in [-0.2, -0.15) is 0 Å². The van der Waals surface area contributed by atoms with E-state index in [-0.39, 0.29) is 5.91 Å². The number of oxazole rings is 1. The Kier molecular flexibility index (Phi) is 5.23. The summed E-state index contributed by atoms with van der Waals surface area (Å²) in [5, 5.41) is 0. The van der Waals surface area contributed by atoms with Crippen molar-refractivity contribution >= 4 is 5.91 Å². The van der Waals surface area contributed by atoms with E-state index in [2.05, 4.69) is 21.0 Å². The second-order valence-electron chi connectivity index (χ2n) is 6.77. The molecule has 6 nitrogen and oxygen atoms in total. The van der Waals surface area contributed by atoms with E-state index < -0.39 is 0 Å². The predicted octanol–water partition coefficient (Wildman–Crippen LogP) is 2.77. The lowest BCUT2D eigenvalue weighted by Gasteiger charge is -2.25. The molecule has 1 aliphatic heterocycles. The molecule has 0 aliphatic carbocycles. The minimum absolute atomic E-state index is 0.157. The topological polar surface area (TPSA) is 72.1 Å². The maximum Gasteiger partial charge on any atom is 0.223 e. The lowest BCUT2D eigenvalue weighted by atomic mass is 10.1. The van der Waals surface area contributed by atoms with Crippen molar-refractivity contribution in [3.8, 4) is 0 Å². The van der Waals surface area contributed by atoms with Gasteiger partial charge in [0.15, 0.2) is 5.89 Å². The molecule has 4 heterocycles. The monoisotopic (exact) mass is 362 g/mol. The summed E-state index contributed by atoms with van der Waals surface area (Å²) in [7, 11) is 0. The van der Waals surface area contributed by atoms with Crippen molar-refractivity contribution in [3.63, 3.8) is 0 Å². The van der Waals surface area contributed by atoms with Gasteiger partial charge in [-0.05, 0) is 36.1 Å². The summed E-state index contributed by atoms with van der Waals surface area (Å²) in [6, 6.07) is 7.89. The number of hydrogen-bond donors (Lipinski definition) is 0. The number of aromatic nitrogens is 3. The molecule has 0 aromatic carbocycles. The van der Waals surface area contributed by atoms with Crippen LogP contribution in [0.15, 0.2) is 53.5 Å². The summed E-state index contributed by atoms with van der Waals surface area (Å²) in [5.41, 5.74) is 3.15. The molecule has 0 radical (unpaired) electrons. The van der Waals surface area contributed by atoms with E-state index in [4.69, 9.17) is 4.42 Å². The molecule has 138 valence electrons. The molecule has 0 bridgehead atoms. The maximum atomic E-state index is 12.5. The zero-order valence-corrected chi connectivity index (χ0v) is 15.2. The fourth-order valence-electron chi connectivity index (χ4n) is 3.32. The van der Waals surface area contributed by atoms with Gasteiger partial charge in [0.1, 0.15) is 11.5 Å². The summed E-state index contributed by atoms with van der Waals surface area (Å²) >= 11 is 0. The molecular weight excluding hydrogens is 340 g/mol. The number of nitrogens with zero attached hydrogens (tertiary/aromatic N) is 4. The van der Waals surface area contributed by atoms with E-state index in [0.29, 0.717) is 25.9 Å². The van der Waals surface area contributed by atoms with E-state index in [1.54, 1.807) is 12.4 Å². The van der Waals surface area contributed by atoms with Crippen molar-refractivity contribution in [1.82, 2.24) is 19.9 Å². The lowest BCUT2D eigenvalue weighted by molar-refractivity contribution is -0.132. The number of carbonyl (C=O) groups is 1. The van der Waals surface area contributed by atoms with E-state index in [1.165, 1.54) is 5.56 Å². The van der Waals surface area contributed by atoms with Crippen LogP contribution in [0, 0.1) is 0 Å². The van der Waals surface area contributed by atoms with Gasteiger partial charge in [-0.25, -0.2) is 4.98 Å². The normalized spacial score (nSPS) is 13.4. The van der Waals surface area contributed by atoms with Crippen molar-refractivity contribution in [2.24, 2.45) is 0 Å². The summed E-state index contributed by atoms with van der Waals surface area (Å²) < 4.78 is 5.91. The third kappa shape index (κ3) is 4.39. The van der Waals surface area contributed by atoms with Crippen LogP contribution in [0.3, 0.4) is 0 Å². The first-order valence-electron chi connectivity index (χ1n) is 9.31. The summed E-state index contributed by atoms with van der Waals surface area (Å²) in [4.78, 5) is 27.3. The molecule has 0 N–H and O–H groups in total. The van der Waals surface area contributed by atoms with Gasteiger partial charge in [0.2, 0.25) is 5.91 Å². The van der Waals surface area contributed by atoms with Crippen LogP contribution in [0.25, 0.3) is 0 Å². The predicted molar refractivity (Wildman–Crippen MR) is 99.8 cm³/mol. The van der Waals surface area contributed by atoms with E-state index in [1.807, 2.05) is 35.5 Å². The molecule has 0 fully saturated rings. The van der Waals surface area contributed by atoms with Gasteiger partial charge in [0.25, 0.3) is 0 Å². The third-order valence-corrected chi connectivity index (χ3v) is 4.83. The quantitative estimate of drug-likeness (QED) is 0.674. The van der Waals surface area contributed by atoms with Crippen LogP contribution < -0.4 is 0 Å². The van der Waals surface area contributed by atoms with Crippen molar-refractivity contribution < 1.29 is 9.21 Å². The van der Waals surface area contributed by atoms with Gasteiger partial charge in [0, 0.05) is 50.6 Å².